The summed E-state index contributed by atoms with van der Waals surface area (Å²) in [5.41, 5.74) is 3.24. The number of aromatic nitrogens is 4. The number of unbranched alkanes of at least 4 members (excludes halogenated alkanes) is 3. The lowest BCUT2D eigenvalue weighted by Crippen LogP contribution is -2.52. The van der Waals surface area contributed by atoms with Crippen molar-refractivity contribution in [3.63, 3.8) is 0 Å². The fraction of sp³-hybridized carbons (Fsp3) is 0.475. The Balaban J connectivity index is 0.668. The number of anilines is 2. The highest BCUT2D eigenvalue weighted by Crippen LogP contribution is 2.37. The molecule has 3 aliphatic heterocycles. The zero-order valence-electron chi connectivity index (χ0n) is 46.2. The normalized spacial score (nSPS) is 16.4. The Morgan fingerprint density at radius 3 is 2.25 bits per heavy atom. The summed E-state index contributed by atoms with van der Waals surface area (Å²) in [6, 6.07) is 23.0. The van der Waals surface area contributed by atoms with E-state index in [4.69, 9.17) is 28.7 Å². The number of fused-ring (bicyclic) bond motifs is 1. The summed E-state index contributed by atoms with van der Waals surface area (Å²) in [5, 5.41) is 19.7. The monoisotopic (exact) mass is 1100 g/mol. The molecule has 0 saturated carbocycles. The molecule has 2 aromatic heterocycles. The molecular formula is C59H74N10O11. The van der Waals surface area contributed by atoms with E-state index in [1.54, 1.807) is 41.6 Å². The van der Waals surface area contributed by atoms with E-state index in [-0.39, 0.29) is 61.6 Å². The van der Waals surface area contributed by atoms with Crippen LogP contribution in [0.4, 0.5) is 16.2 Å². The number of amides is 6. The number of hydrogen-bond donors (Lipinski definition) is 5. The van der Waals surface area contributed by atoms with Crippen LogP contribution in [0.5, 0.6) is 5.75 Å². The smallest absolute Gasteiger partial charge is 0.410 e. The molecule has 2 saturated heterocycles. The molecule has 5 aromatic rings. The van der Waals surface area contributed by atoms with E-state index in [1.807, 2.05) is 82.3 Å². The van der Waals surface area contributed by atoms with Crippen LogP contribution in [0, 0.1) is 0 Å². The van der Waals surface area contributed by atoms with Crippen molar-refractivity contribution in [2.45, 2.75) is 122 Å². The van der Waals surface area contributed by atoms with Crippen molar-refractivity contribution in [2.24, 2.45) is 0 Å². The second-order valence-electron chi connectivity index (χ2n) is 21.2. The second-order valence-corrected chi connectivity index (χ2v) is 21.2. The van der Waals surface area contributed by atoms with Crippen molar-refractivity contribution < 1.29 is 52.5 Å². The van der Waals surface area contributed by atoms with Gasteiger partial charge in [-0.2, -0.15) is 5.10 Å². The van der Waals surface area contributed by atoms with Gasteiger partial charge in [-0.15, -0.1) is 0 Å². The van der Waals surface area contributed by atoms with Crippen molar-refractivity contribution in [1.82, 2.24) is 40.6 Å². The Labute approximate surface area is 466 Å². The maximum Gasteiger partial charge on any atom is 0.410 e. The van der Waals surface area contributed by atoms with E-state index < -0.39 is 23.1 Å². The van der Waals surface area contributed by atoms with Crippen molar-refractivity contribution in [1.29, 1.82) is 0 Å². The Morgan fingerprint density at radius 1 is 0.812 bits per heavy atom. The Kier molecular flexibility index (Phi) is 20.4. The minimum Gasteiger partial charge on any atom is -0.494 e. The summed E-state index contributed by atoms with van der Waals surface area (Å²) in [7, 11) is 0. The van der Waals surface area contributed by atoms with Gasteiger partial charge < -0.3 is 49.4 Å². The van der Waals surface area contributed by atoms with E-state index in [0.717, 1.165) is 48.2 Å². The lowest BCUT2D eigenvalue weighted by Gasteiger charge is -2.41. The number of carbonyl (C=O) groups is 6. The maximum atomic E-state index is 13.7. The fourth-order valence-electron chi connectivity index (χ4n) is 9.82. The van der Waals surface area contributed by atoms with Crippen molar-refractivity contribution in [2.75, 3.05) is 70.0 Å². The molecule has 0 bridgehead atoms. The fourth-order valence-corrected chi connectivity index (χ4v) is 9.82. The average Bonchev–Trinajstić information content (AvgIpc) is 4.24. The Morgan fingerprint density at radius 2 is 1.51 bits per heavy atom. The first-order valence-electron chi connectivity index (χ1n) is 27.7. The number of ether oxygens (including phenoxy) is 5. The zero-order valence-corrected chi connectivity index (χ0v) is 46.2. The highest BCUT2D eigenvalue weighted by Gasteiger charge is 2.42. The maximum absolute atomic E-state index is 13.7. The number of benzene rings is 3. The Hall–Kier alpha value is -7.75. The first-order chi connectivity index (χ1) is 38.6. The van der Waals surface area contributed by atoms with E-state index in [0.29, 0.717) is 113 Å². The molecule has 426 valence electrons. The molecule has 21 heteroatoms. The van der Waals surface area contributed by atoms with E-state index >= 15 is 0 Å². The van der Waals surface area contributed by atoms with Gasteiger partial charge in [-0.3, -0.25) is 39.4 Å². The van der Waals surface area contributed by atoms with Crippen LogP contribution in [0.15, 0.2) is 91.3 Å². The molecule has 21 nitrogen and oxygen atoms in total. The molecule has 1 unspecified atom stereocenters. The first kappa shape index (κ1) is 58.4. The second kappa shape index (κ2) is 27.9. The molecule has 2 fully saturated rings. The van der Waals surface area contributed by atoms with Crippen molar-refractivity contribution in [3.05, 3.63) is 119 Å². The van der Waals surface area contributed by atoms with Crippen molar-refractivity contribution in [3.8, 4) is 17.1 Å². The number of nitrogens with one attached hydrogen (secondary N) is 5. The quantitative estimate of drug-likeness (QED) is 0.0248. The molecule has 80 heavy (non-hydrogen) atoms. The minimum atomic E-state index is -0.728. The summed E-state index contributed by atoms with van der Waals surface area (Å²) in [5.74, 6) is 0.359. The molecule has 6 amide bonds. The molecule has 3 aromatic carbocycles. The van der Waals surface area contributed by atoms with Crippen LogP contribution in [0.1, 0.15) is 136 Å². The number of likely N-dealkylation sites (tertiary alicyclic amines) is 1. The van der Waals surface area contributed by atoms with Crippen LogP contribution in [-0.4, -0.2) is 137 Å². The topological polar surface area (TPSA) is 258 Å². The number of nitrogens with zero attached hydrogens (tertiary/aromatic N) is 5. The van der Waals surface area contributed by atoms with Gasteiger partial charge in [0.15, 0.2) is 11.6 Å². The molecule has 8 rings (SSSR count). The predicted octanol–water partition coefficient (Wildman–Crippen LogP) is 7.86. The van der Waals surface area contributed by atoms with Crippen LogP contribution in [-0.2, 0) is 45.4 Å². The van der Waals surface area contributed by atoms with Crippen LogP contribution < -0.4 is 26.0 Å². The zero-order chi connectivity index (χ0) is 56.5. The van der Waals surface area contributed by atoms with Crippen molar-refractivity contribution >= 4 is 47.0 Å². The largest absolute Gasteiger partial charge is 0.494 e. The van der Waals surface area contributed by atoms with Crippen LogP contribution in [0.3, 0.4) is 0 Å². The lowest BCUT2D eigenvalue weighted by atomic mass is 9.86. The number of H-pyrrole nitrogens is 1. The highest BCUT2D eigenvalue weighted by molar-refractivity contribution is 6.07. The van der Waals surface area contributed by atoms with E-state index in [9.17, 15) is 28.8 Å². The third-order valence-electron chi connectivity index (χ3n) is 14.1. The number of imide groups is 1. The SMILES string of the molecule is C[C@@H](NC(=O)c1cccc(NC2(c3nc(-c4ccncc4)n[nH]3)CCN(C(=O)OC(C)(C)C)CC2)c1)c1cccc(OCCCCCCOCCOCCOCCCC(=O)Nc2cccc3c2CN(C2CCC(=O)NC2=O)C3=O)c1. The number of pyridine rings is 1. The van der Waals surface area contributed by atoms with Gasteiger partial charge in [0.2, 0.25) is 17.7 Å². The van der Waals surface area contributed by atoms with Gasteiger partial charge in [-0.05, 0) is 133 Å². The van der Waals surface area contributed by atoms with Gasteiger partial charge in [-0.25, -0.2) is 9.78 Å². The number of carbonyl (C=O) groups excluding carboxylic acids is 6. The molecule has 2 atom stereocenters. The molecule has 3 aliphatic rings. The molecule has 0 radical (unpaired) electrons. The van der Waals surface area contributed by atoms with Gasteiger partial charge in [-0.1, -0.05) is 30.7 Å². The molecule has 5 heterocycles. The van der Waals surface area contributed by atoms with E-state index in [2.05, 4.69) is 36.4 Å². The van der Waals surface area contributed by atoms with Gasteiger partial charge in [0.25, 0.3) is 11.8 Å². The number of piperidine rings is 2. The summed E-state index contributed by atoms with van der Waals surface area (Å²) in [4.78, 5) is 88.8. The average molecular weight is 1100 g/mol. The molecule has 0 spiro atoms. The summed E-state index contributed by atoms with van der Waals surface area (Å²) in [6.45, 7) is 11.9. The summed E-state index contributed by atoms with van der Waals surface area (Å²) in [6.07, 6.45) is 9.06. The van der Waals surface area contributed by atoms with E-state index in [1.165, 1.54) is 4.90 Å². The predicted molar refractivity (Wildman–Crippen MR) is 297 cm³/mol. The first-order valence-corrected chi connectivity index (χ1v) is 27.7. The highest BCUT2D eigenvalue weighted by atomic mass is 16.6. The van der Waals surface area contributed by atoms with Gasteiger partial charge in [0, 0.05) is 91.7 Å². The third kappa shape index (κ3) is 16.2. The van der Waals surface area contributed by atoms with Crippen LogP contribution in [0.25, 0.3) is 11.4 Å². The van der Waals surface area contributed by atoms with Crippen LogP contribution in [0.2, 0.25) is 0 Å². The number of aromatic amines is 1. The molecule has 5 N–H and O–H groups in total. The van der Waals surface area contributed by atoms with Crippen LogP contribution >= 0.6 is 0 Å². The van der Waals surface area contributed by atoms with Gasteiger partial charge in [0.05, 0.1) is 39.1 Å². The Bertz CT molecular complexity index is 2920. The summed E-state index contributed by atoms with van der Waals surface area (Å²) >= 11 is 0. The number of hydrogen-bond acceptors (Lipinski definition) is 15. The molecular weight excluding hydrogens is 1020 g/mol. The minimum absolute atomic E-state index is 0.172. The molecule has 0 aliphatic carbocycles. The standard InChI is InChI=1S/C59H74N10O11/c1-40(61-53(72)43-14-9-15-44(37-43)65-59(24-28-68(29-25-59)57(75)80-58(2,3)4)56-64-52(66-67-56)41-22-26-60-27-23-41)42-13-10-16-45(38-42)79-32-8-6-5-7-30-76-33-35-78-36-34-77-31-12-19-50(70)62-48-18-11-17-46-47(48)39-69(55(46)74)49-20-21-51(71)63-54(49)73/h9-11,13-18,22-23,26-27,37-38,40,49,65H,5-8,12,19-21,24-25,28-36,39H2,1-4H3,(H,61,72)(H,62,70)(H,63,71,73)(H,64,66,67)/t40-,49?/m1/s1. The third-order valence-corrected chi connectivity index (χ3v) is 14.1. The summed E-state index contributed by atoms with van der Waals surface area (Å²) < 4.78 is 28.8. The number of rotatable bonds is 27. The van der Waals surface area contributed by atoms with Gasteiger partial charge in [0.1, 0.15) is 22.9 Å². The van der Waals surface area contributed by atoms with Gasteiger partial charge >= 0.3 is 6.09 Å². The lowest BCUT2D eigenvalue weighted by molar-refractivity contribution is -0.137.